The molecule has 0 saturated carbocycles. The van der Waals surface area contributed by atoms with Crippen LogP contribution in [0, 0.1) is 11.8 Å². The molecule has 0 aliphatic rings. The molecule has 0 bridgehead atoms. The second kappa shape index (κ2) is 11.9. The molecule has 0 fully saturated rings. The van der Waals surface area contributed by atoms with Gasteiger partial charge >= 0.3 is 0 Å². The lowest BCUT2D eigenvalue weighted by Gasteiger charge is -2.19. The fourth-order valence-corrected chi connectivity index (χ4v) is 3.40. The molecule has 0 aliphatic heterocycles. The SMILES string of the molecule is CCCC(CCC(C)CC)Cc1cc(Br)cc(OCCOC)c1. The van der Waals surface area contributed by atoms with E-state index in [1.807, 2.05) is 6.07 Å². The van der Waals surface area contributed by atoms with Crippen molar-refractivity contribution >= 4 is 15.9 Å². The lowest BCUT2D eigenvalue weighted by molar-refractivity contribution is 0.146. The summed E-state index contributed by atoms with van der Waals surface area (Å²) in [6.07, 6.45) is 7.67. The van der Waals surface area contributed by atoms with Crippen LogP contribution in [0.15, 0.2) is 22.7 Å². The van der Waals surface area contributed by atoms with E-state index in [1.165, 1.54) is 37.7 Å². The first-order valence-corrected chi connectivity index (χ1v) is 9.79. The zero-order chi connectivity index (χ0) is 17.1. The molecule has 0 aliphatic carbocycles. The van der Waals surface area contributed by atoms with Gasteiger partial charge in [-0.2, -0.15) is 0 Å². The highest BCUT2D eigenvalue weighted by Gasteiger charge is 2.12. The number of halogens is 1. The minimum atomic E-state index is 0.596. The summed E-state index contributed by atoms with van der Waals surface area (Å²) >= 11 is 3.61. The van der Waals surface area contributed by atoms with Crippen LogP contribution in [0.2, 0.25) is 0 Å². The normalized spacial score (nSPS) is 13.8. The predicted octanol–water partition coefficient (Wildman–Crippen LogP) is 6.26. The van der Waals surface area contributed by atoms with Gasteiger partial charge < -0.3 is 9.47 Å². The first kappa shape index (κ1) is 20.5. The molecule has 1 rings (SSSR count). The Hall–Kier alpha value is -0.540. The molecule has 2 nitrogen and oxygen atoms in total. The molecule has 1 aromatic carbocycles. The lowest BCUT2D eigenvalue weighted by atomic mass is 9.88. The van der Waals surface area contributed by atoms with E-state index < -0.39 is 0 Å². The van der Waals surface area contributed by atoms with E-state index in [0.29, 0.717) is 13.2 Å². The molecule has 2 atom stereocenters. The Balaban J connectivity index is 2.66. The number of methoxy groups -OCH3 is 1. The van der Waals surface area contributed by atoms with Crippen molar-refractivity contribution in [1.29, 1.82) is 0 Å². The number of rotatable bonds is 12. The van der Waals surface area contributed by atoms with E-state index in [0.717, 1.165) is 28.5 Å². The lowest BCUT2D eigenvalue weighted by Crippen LogP contribution is -2.08. The predicted molar refractivity (Wildman–Crippen MR) is 102 cm³/mol. The number of hydrogen-bond acceptors (Lipinski definition) is 2. The molecule has 0 heterocycles. The summed E-state index contributed by atoms with van der Waals surface area (Å²) in [5.74, 6) is 2.54. The van der Waals surface area contributed by atoms with Crippen LogP contribution < -0.4 is 4.74 Å². The van der Waals surface area contributed by atoms with Gasteiger partial charge in [0.1, 0.15) is 12.4 Å². The van der Waals surface area contributed by atoms with Crippen LogP contribution in [0.4, 0.5) is 0 Å². The molecular formula is C20H33BrO2. The molecule has 132 valence electrons. The van der Waals surface area contributed by atoms with Crippen molar-refractivity contribution in [3.63, 3.8) is 0 Å². The van der Waals surface area contributed by atoms with Crippen LogP contribution >= 0.6 is 15.9 Å². The highest BCUT2D eigenvalue weighted by atomic mass is 79.9. The minimum absolute atomic E-state index is 0.596. The van der Waals surface area contributed by atoms with Crippen LogP contribution in [0.25, 0.3) is 0 Å². The molecule has 0 amide bonds. The van der Waals surface area contributed by atoms with E-state index >= 15 is 0 Å². The van der Waals surface area contributed by atoms with Crippen LogP contribution in [-0.2, 0) is 11.2 Å². The smallest absolute Gasteiger partial charge is 0.120 e. The summed E-state index contributed by atoms with van der Waals surface area (Å²) in [7, 11) is 1.70. The standard InChI is InChI=1S/C20H33BrO2/c1-5-7-17(9-8-16(3)6-2)12-18-13-19(21)15-20(14-18)23-11-10-22-4/h13-17H,5-12H2,1-4H3. The average molecular weight is 385 g/mol. The van der Waals surface area contributed by atoms with E-state index in [-0.39, 0.29) is 0 Å². The minimum Gasteiger partial charge on any atom is -0.491 e. The third kappa shape index (κ3) is 8.76. The van der Waals surface area contributed by atoms with Crippen molar-refractivity contribution in [3.05, 3.63) is 28.2 Å². The molecule has 23 heavy (non-hydrogen) atoms. The maximum Gasteiger partial charge on any atom is 0.120 e. The quantitative estimate of drug-likeness (QED) is 0.396. The molecule has 0 radical (unpaired) electrons. The van der Waals surface area contributed by atoms with Crippen LogP contribution in [-0.4, -0.2) is 20.3 Å². The molecule has 3 heteroatoms. The largest absolute Gasteiger partial charge is 0.491 e. The van der Waals surface area contributed by atoms with Crippen LogP contribution in [0.3, 0.4) is 0 Å². The molecule has 0 saturated heterocycles. The summed E-state index contributed by atoms with van der Waals surface area (Å²) in [5, 5.41) is 0. The third-order valence-electron chi connectivity index (χ3n) is 4.47. The van der Waals surface area contributed by atoms with Gasteiger partial charge in [-0.1, -0.05) is 62.4 Å². The summed E-state index contributed by atoms with van der Waals surface area (Å²) in [5.41, 5.74) is 1.37. The number of ether oxygens (including phenoxy) is 2. The molecule has 0 aromatic heterocycles. The summed E-state index contributed by atoms with van der Waals surface area (Å²) in [4.78, 5) is 0. The van der Waals surface area contributed by atoms with Gasteiger partial charge in [-0.3, -0.25) is 0 Å². The molecule has 1 aromatic rings. The van der Waals surface area contributed by atoms with Crippen LogP contribution in [0.5, 0.6) is 5.75 Å². The Morgan fingerprint density at radius 3 is 2.48 bits per heavy atom. The van der Waals surface area contributed by atoms with Gasteiger partial charge in [0.2, 0.25) is 0 Å². The first-order valence-electron chi connectivity index (χ1n) is 9.00. The molecular weight excluding hydrogens is 352 g/mol. The molecule has 0 spiro atoms. The molecule has 0 N–H and O–H groups in total. The van der Waals surface area contributed by atoms with E-state index in [4.69, 9.17) is 9.47 Å². The van der Waals surface area contributed by atoms with Crippen molar-refractivity contribution in [3.8, 4) is 5.75 Å². The van der Waals surface area contributed by atoms with Crippen molar-refractivity contribution < 1.29 is 9.47 Å². The number of hydrogen-bond donors (Lipinski definition) is 0. The Bertz CT molecular complexity index is 434. The van der Waals surface area contributed by atoms with Gasteiger partial charge in [-0.15, -0.1) is 0 Å². The fourth-order valence-electron chi connectivity index (χ4n) is 2.88. The summed E-state index contributed by atoms with van der Waals surface area (Å²) in [6.45, 7) is 8.16. The van der Waals surface area contributed by atoms with E-state index in [2.05, 4.69) is 48.8 Å². The Labute approximate surface area is 151 Å². The highest BCUT2D eigenvalue weighted by molar-refractivity contribution is 9.10. The topological polar surface area (TPSA) is 18.5 Å². The Morgan fingerprint density at radius 1 is 1.04 bits per heavy atom. The zero-order valence-electron chi connectivity index (χ0n) is 15.2. The second-order valence-corrected chi connectivity index (χ2v) is 7.50. The maximum absolute atomic E-state index is 5.77. The summed E-state index contributed by atoms with van der Waals surface area (Å²) in [6, 6.07) is 6.45. The van der Waals surface area contributed by atoms with Crippen molar-refractivity contribution in [1.82, 2.24) is 0 Å². The van der Waals surface area contributed by atoms with Gasteiger partial charge in [-0.25, -0.2) is 0 Å². The van der Waals surface area contributed by atoms with Gasteiger partial charge in [-0.05, 0) is 48.4 Å². The Kier molecular flexibility index (Phi) is 10.6. The van der Waals surface area contributed by atoms with Gasteiger partial charge in [0, 0.05) is 11.6 Å². The monoisotopic (exact) mass is 384 g/mol. The highest BCUT2D eigenvalue weighted by Crippen LogP contribution is 2.27. The molecule has 2 unspecified atom stereocenters. The van der Waals surface area contributed by atoms with Crippen molar-refractivity contribution in [2.45, 2.75) is 59.3 Å². The zero-order valence-corrected chi connectivity index (χ0v) is 16.8. The maximum atomic E-state index is 5.77. The Morgan fingerprint density at radius 2 is 1.83 bits per heavy atom. The fraction of sp³-hybridized carbons (Fsp3) is 0.700. The second-order valence-electron chi connectivity index (χ2n) is 6.59. The van der Waals surface area contributed by atoms with Crippen molar-refractivity contribution in [2.24, 2.45) is 11.8 Å². The van der Waals surface area contributed by atoms with Gasteiger partial charge in [0.15, 0.2) is 0 Å². The average Bonchev–Trinajstić information content (AvgIpc) is 2.52. The van der Waals surface area contributed by atoms with Gasteiger partial charge in [0.25, 0.3) is 0 Å². The number of benzene rings is 1. The van der Waals surface area contributed by atoms with Gasteiger partial charge in [0.05, 0.1) is 6.61 Å². The first-order chi connectivity index (χ1) is 11.1. The van der Waals surface area contributed by atoms with E-state index in [9.17, 15) is 0 Å². The third-order valence-corrected chi connectivity index (χ3v) is 4.93. The van der Waals surface area contributed by atoms with Crippen LogP contribution in [0.1, 0.15) is 58.4 Å². The van der Waals surface area contributed by atoms with E-state index in [1.54, 1.807) is 7.11 Å². The summed E-state index contributed by atoms with van der Waals surface area (Å²) < 4.78 is 11.9. The van der Waals surface area contributed by atoms with Crippen molar-refractivity contribution in [2.75, 3.05) is 20.3 Å².